The summed E-state index contributed by atoms with van der Waals surface area (Å²) in [6.45, 7) is 1.17. The van der Waals surface area contributed by atoms with Gasteiger partial charge in [0.25, 0.3) is 0 Å². The Hall–Kier alpha value is -1.44. The van der Waals surface area contributed by atoms with Crippen LogP contribution in [0, 0.1) is 11.8 Å². The molecule has 0 saturated heterocycles. The van der Waals surface area contributed by atoms with Crippen LogP contribution in [-0.2, 0) is 21.2 Å². The van der Waals surface area contributed by atoms with E-state index in [4.69, 9.17) is 5.73 Å². The van der Waals surface area contributed by atoms with E-state index in [-0.39, 0.29) is 22.6 Å². The number of nitrogens with two attached hydrogens (primary N) is 1. The van der Waals surface area contributed by atoms with Gasteiger partial charge in [0, 0.05) is 18.2 Å². The van der Waals surface area contributed by atoms with Crippen LogP contribution < -0.4 is 15.4 Å². The van der Waals surface area contributed by atoms with Crippen molar-refractivity contribution in [3.63, 3.8) is 0 Å². The number of hydrogen-bond acceptors (Lipinski definition) is 4. The van der Waals surface area contributed by atoms with Gasteiger partial charge in [-0.2, -0.15) is 0 Å². The van der Waals surface area contributed by atoms with E-state index < -0.39 is 10.0 Å². The van der Waals surface area contributed by atoms with E-state index in [9.17, 15) is 13.2 Å². The van der Waals surface area contributed by atoms with Gasteiger partial charge >= 0.3 is 0 Å². The molecule has 1 aromatic rings. The number of nitrogens with one attached hydrogen (secondary N) is 1. The summed E-state index contributed by atoms with van der Waals surface area (Å²) in [5.74, 6) is 0.420. The second kappa shape index (κ2) is 6.22. The van der Waals surface area contributed by atoms with Crippen molar-refractivity contribution in [1.82, 2.24) is 4.72 Å². The van der Waals surface area contributed by atoms with Crippen LogP contribution in [0.1, 0.15) is 24.8 Å². The van der Waals surface area contributed by atoms with Crippen molar-refractivity contribution in [3.8, 4) is 0 Å². The molecular weight excluding hydrogens is 314 g/mol. The first-order valence-electron chi connectivity index (χ1n) is 8.06. The lowest BCUT2D eigenvalue weighted by Crippen LogP contribution is -2.38. The van der Waals surface area contributed by atoms with Crippen molar-refractivity contribution in [2.24, 2.45) is 17.6 Å². The number of sulfonamides is 1. The van der Waals surface area contributed by atoms with Crippen LogP contribution in [0.3, 0.4) is 0 Å². The normalized spacial score (nSPS) is 24.0. The summed E-state index contributed by atoms with van der Waals surface area (Å²) in [6.07, 6.45) is 3.66. The number of benzene rings is 1. The third-order valence-electron chi connectivity index (χ3n) is 5.07. The number of carbonyl (C=O) groups is 1. The molecular formula is C16H23N3O3S. The van der Waals surface area contributed by atoms with E-state index in [1.165, 1.54) is 7.05 Å². The second-order valence-electron chi connectivity index (χ2n) is 6.27. The Bertz CT molecular complexity index is 717. The van der Waals surface area contributed by atoms with Crippen LogP contribution in [-0.4, -0.2) is 34.5 Å². The van der Waals surface area contributed by atoms with Crippen LogP contribution in [0.5, 0.6) is 0 Å². The molecule has 1 fully saturated rings. The van der Waals surface area contributed by atoms with Crippen LogP contribution in [0.4, 0.5) is 5.69 Å². The molecule has 7 heteroatoms. The van der Waals surface area contributed by atoms with Crippen molar-refractivity contribution >= 4 is 21.6 Å². The molecule has 0 bridgehead atoms. The maximum Gasteiger partial charge on any atom is 0.240 e. The Balaban J connectivity index is 1.86. The molecule has 1 aliphatic heterocycles. The van der Waals surface area contributed by atoms with Crippen molar-refractivity contribution < 1.29 is 13.2 Å². The smallest absolute Gasteiger partial charge is 0.240 e. The van der Waals surface area contributed by atoms with Crippen molar-refractivity contribution in [2.75, 3.05) is 25.0 Å². The average molecular weight is 337 g/mol. The molecule has 0 unspecified atom stereocenters. The maximum absolute atomic E-state index is 12.9. The fraction of sp³-hybridized carbons (Fsp3) is 0.562. The highest BCUT2D eigenvalue weighted by atomic mass is 32.2. The summed E-state index contributed by atoms with van der Waals surface area (Å²) in [4.78, 5) is 14.9. The molecule has 0 aromatic heterocycles. The minimum absolute atomic E-state index is 0.00617. The predicted molar refractivity (Wildman–Crippen MR) is 88.6 cm³/mol. The van der Waals surface area contributed by atoms with E-state index in [0.29, 0.717) is 19.5 Å². The zero-order valence-corrected chi connectivity index (χ0v) is 14.1. The van der Waals surface area contributed by atoms with Crippen LogP contribution in [0.15, 0.2) is 23.1 Å². The lowest BCUT2D eigenvalue weighted by Gasteiger charge is -2.24. The minimum Gasteiger partial charge on any atom is -0.330 e. The highest BCUT2D eigenvalue weighted by Gasteiger charge is 2.37. The first kappa shape index (κ1) is 16.4. The van der Waals surface area contributed by atoms with E-state index >= 15 is 0 Å². The fourth-order valence-corrected chi connectivity index (χ4v) is 4.52. The summed E-state index contributed by atoms with van der Waals surface area (Å²) >= 11 is 0. The molecule has 0 radical (unpaired) electrons. The SMILES string of the molecule is CNS(=O)(=O)c1ccc2c(c1)CCN2C(=O)[C@@H]1CCC[C@@H]1CN. The molecule has 3 rings (SSSR count). The molecule has 1 aliphatic carbocycles. The molecule has 1 saturated carbocycles. The van der Waals surface area contributed by atoms with Crippen molar-refractivity contribution in [1.29, 1.82) is 0 Å². The van der Waals surface area contributed by atoms with Crippen LogP contribution in [0.25, 0.3) is 0 Å². The van der Waals surface area contributed by atoms with E-state index in [0.717, 1.165) is 30.5 Å². The van der Waals surface area contributed by atoms with Crippen LogP contribution >= 0.6 is 0 Å². The summed E-state index contributed by atoms with van der Waals surface area (Å²) in [6, 6.07) is 4.98. The number of nitrogens with zero attached hydrogens (tertiary/aromatic N) is 1. The Kier molecular flexibility index (Phi) is 4.44. The number of rotatable bonds is 4. The van der Waals surface area contributed by atoms with Crippen molar-refractivity contribution in [2.45, 2.75) is 30.6 Å². The first-order chi connectivity index (χ1) is 11.0. The maximum atomic E-state index is 12.9. The molecule has 3 N–H and O–H groups in total. The summed E-state index contributed by atoms with van der Waals surface area (Å²) in [7, 11) is -2.06. The van der Waals surface area contributed by atoms with Gasteiger partial charge in [0.05, 0.1) is 4.90 Å². The molecule has 1 aromatic carbocycles. The number of hydrogen-bond donors (Lipinski definition) is 2. The molecule has 2 aliphatic rings. The Morgan fingerprint density at radius 1 is 1.39 bits per heavy atom. The monoisotopic (exact) mass is 337 g/mol. The molecule has 1 heterocycles. The number of carbonyl (C=O) groups excluding carboxylic acids is 1. The number of fused-ring (bicyclic) bond motifs is 1. The Morgan fingerprint density at radius 3 is 2.87 bits per heavy atom. The average Bonchev–Trinajstić information content (AvgIpc) is 3.20. The van der Waals surface area contributed by atoms with Gasteiger partial charge in [-0.1, -0.05) is 6.42 Å². The van der Waals surface area contributed by atoms with Gasteiger partial charge in [0.1, 0.15) is 0 Å². The number of amides is 1. The van der Waals surface area contributed by atoms with E-state index in [1.54, 1.807) is 18.2 Å². The Morgan fingerprint density at radius 2 is 2.17 bits per heavy atom. The molecule has 23 heavy (non-hydrogen) atoms. The van der Waals surface area contributed by atoms with Gasteiger partial charge in [0.2, 0.25) is 15.9 Å². The third-order valence-corrected chi connectivity index (χ3v) is 6.48. The topological polar surface area (TPSA) is 92.5 Å². The predicted octanol–water partition coefficient (Wildman–Crippen LogP) is 0.859. The largest absolute Gasteiger partial charge is 0.330 e. The zero-order valence-electron chi connectivity index (χ0n) is 13.3. The van der Waals surface area contributed by atoms with Crippen molar-refractivity contribution in [3.05, 3.63) is 23.8 Å². The van der Waals surface area contributed by atoms with Gasteiger partial charge in [-0.3, -0.25) is 4.79 Å². The van der Waals surface area contributed by atoms with E-state index in [2.05, 4.69) is 4.72 Å². The van der Waals surface area contributed by atoms with Gasteiger partial charge in [-0.05, 0) is 62.5 Å². The van der Waals surface area contributed by atoms with Crippen LogP contribution in [0.2, 0.25) is 0 Å². The first-order valence-corrected chi connectivity index (χ1v) is 9.54. The number of anilines is 1. The minimum atomic E-state index is -3.46. The highest BCUT2D eigenvalue weighted by molar-refractivity contribution is 7.89. The summed E-state index contributed by atoms with van der Waals surface area (Å²) in [5.41, 5.74) is 7.55. The van der Waals surface area contributed by atoms with E-state index in [1.807, 2.05) is 4.90 Å². The molecule has 2 atom stereocenters. The molecule has 6 nitrogen and oxygen atoms in total. The molecule has 126 valence electrons. The third kappa shape index (κ3) is 2.88. The quantitative estimate of drug-likeness (QED) is 0.852. The Labute approximate surface area is 137 Å². The van der Waals surface area contributed by atoms with Gasteiger partial charge in [-0.25, -0.2) is 13.1 Å². The fourth-order valence-electron chi connectivity index (χ4n) is 3.74. The second-order valence-corrected chi connectivity index (χ2v) is 8.16. The van der Waals surface area contributed by atoms with Gasteiger partial charge in [0.15, 0.2) is 0 Å². The zero-order chi connectivity index (χ0) is 16.6. The highest BCUT2D eigenvalue weighted by Crippen LogP contribution is 2.37. The molecule has 0 spiro atoms. The van der Waals surface area contributed by atoms with Gasteiger partial charge < -0.3 is 10.6 Å². The lowest BCUT2D eigenvalue weighted by atomic mass is 9.94. The standard InChI is InChI=1S/C16H23N3O3S/c1-18-23(21,22)13-5-6-15-11(9-13)7-8-19(15)16(20)14-4-2-3-12(14)10-17/h5-6,9,12,14,18H,2-4,7-8,10,17H2,1H3/t12-,14-/m1/s1. The summed E-state index contributed by atoms with van der Waals surface area (Å²) < 4.78 is 26.1. The molecule has 1 amide bonds. The van der Waals surface area contributed by atoms with Gasteiger partial charge in [-0.15, -0.1) is 0 Å². The lowest BCUT2D eigenvalue weighted by molar-refractivity contribution is -0.123. The summed E-state index contributed by atoms with van der Waals surface area (Å²) in [5, 5.41) is 0.